The highest BCUT2D eigenvalue weighted by molar-refractivity contribution is 6.11. The van der Waals surface area contributed by atoms with E-state index in [-0.39, 0.29) is 22.7 Å². The Morgan fingerprint density at radius 3 is 2.46 bits per heavy atom. The molecule has 0 fully saturated rings. The first-order valence-electron chi connectivity index (χ1n) is 9.66. The van der Waals surface area contributed by atoms with E-state index < -0.39 is 11.8 Å². The number of rotatable bonds is 3. The zero-order valence-corrected chi connectivity index (χ0v) is 16.1. The smallest absolute Gasteiger partial charge is 0.336 e. The number of allylic oxidation sites excluding steroid dienone is 2. The number of carboxylic acids is 1. The van der Waals surface area contributed by atoms with Crippen molar-refractivity contribution in [3.8, 4) is 11.1 Å². The van der Waals surface area contributed by atoms with Gasteiger partial charge in [-0.1, -0.05) is 44.2 Å². The Balaban J connectivity index is 2.07. The van der Waals surface area contributed by atoms with Crippen LogP contribution in [-0.4, -0.2) is 16.9 Å². The first kappa shape index (κ1) is 18.6. The highest BCUT2D eigenvalue weighted by Gasteiger charge is 2.36. The number of carbonyl (C=O) groups excluding carboxylic acids is 1. The van der Waals surface area contributed by atoms with E-state index in [1.807, 2.05) is 6.07 Å². The predicted molar refractivity (Wildman–Crippen MR) is 106 cm³/mol. The molecule has 1 unspecified atom stereocenters. The third-order valence-corrected chi connectivity index (χ3v) is 5.79. The molecule has 2 aromatic rings. The van der Waals surface area contributed by atoms with Crippen LogP contribution in [0.4, 0.5) is 4.39 Å². The molecule has 0 heterocycles. The Labute approximate surface area is 163 Å². The first-order valence-corrected chi connectivity index (χ1v) is 9.66. The molecule has 144 valence electrons. The van der Waals surface area contributed by atoms with E-state index in [1.54, 1.807) is 12.1 Å². The summed E-state index contributed by atoms with van der Waals surface area (Å²) in [7, 11) is 0. The molecule has 0 saturated carbocycles. The van der Waals surface area contributed by atoms with E-state index in [4.69, 9.17) is 0 Å². The Morgan fingerprint density at radius 2 is 1.86 bits per heavy atom. The van der Waals surface area contributed by atoms with Gasteiger partial charge in [-0.3, -0.25) is 4.79 Å². The Morgan fingerprint density at radius 1 is 1.14 bits per heavy atom. The largest absolute Gasteiger partial charge is 0.478 e. The van der Waals surface area contributed by atoms with Gasteiger partial charge in [-0.2, -0.15) is 0 Å². The molecule has 0 aromatic heterocycles. The molecule has 4 rings (SSSR count). The van der Waals surface area contributed by atoms with E-state index in [0.717, 1.165) is 24.0 Å². The standard InChI is InChI=1S/C24H23FO3/c1-24(2)12-16-11-18(14-5-3-4-6-14)22(23(27)28)21(20(16)19(26)13-24)15-7-9-17(25)10-8-15/h3,5,7-11,14H,4,6,12-13H2,1-2H3,(H,27,28). The molecule has 0 bridgehead atoms. The quantitative estimate of drug-likeness (QED) is 0.689. The molecule has 4 heteroatoms. The van der Waals surface area contributed by atoms with Crippen LogP contribution < -0.4 is 0 Å². The number of carboxylic acid groups (broad SMARTS) is 1. The molecule has 2 aliphatic rings. The summed E-state index contributed by atoms with van der Waals surface area (Å²) in [5, 5.41) is 10.1. The van der Waals surface area contributed by atoms with Crippen LogP contribution in [0, 0.1) is 11.2 Å². The number of Topliss-reactive ketones (excluding diaryl/α,β-unsaturated/α-hetero) is 1. The average Bonchev–Trinajstić information content (AvgIpc) is 3.14. The molecule has 0 radical (unpaired) electrons. The van der Waals surface area contributed by atoms with Crippen LogP contribution >= 0.6 is 0 Å². The molecule has 1 N–H and O–H groups in total. The number of halogens is 1. The minimum atomic E-state index is -1.05. The van der Waals surface area contributed by atoms with Gasteiger partial charge in [0.25, 0.3) is 0 Å². The SMILES string of the molecule is CC1(C)CC(=O)c2c(cc(C3C=CCC3)c(C(=O)O)c2-c2ccc(F)cc2)C1. The van der Waals surface area contributed by atoms with Crippen LogP contribution in [0.25, 0.3) is 11.1 Å². The number of fused-ring (bicyclic) bond motifs is 1. The van der Waals surface area contributed by atoms with Gasteiger partial charge in [0.15, 0.2) is 5.78 Å². The number of hydrogen-bond donors (Lipinski definition) is 1. The molecule has 1 atom stereocenters. The third kappa shape index (κ3) is 3.17. The molecule has 2 aromatic carbocycles. The van der Waals surface area contributed by atoms with Crippen molar-refractivity contribution in [1.82, 2.24) is 0 Å². The van der Waals surface area contributed by atoms with E-state index in [0.29, 0.717) is 29.5 Å². The molecule has 0 amide bonds. The van der Waals surface area contributed by atoms with Gasteiger partial charge in [0.1, 0.15) is 5.82 Å². The van der Waals surface area contributed by atoms with Gasteiger partial charge in [-0.25, -0.2) is 9.18 Å². The van der Waals surface area contributed by atoms with Gasteiger partial charge in [0.05, 0.1) is 5.56 Å². The molecule has 28 heavy (non-hydrogen) atoms. The van der Waals surface area contributed by atoms with E-state index in [9.17, 15) is 19.1 Å². The number of benzene rings is 2. The molecule has 0 spiro atoms. The lowest BCUT2D eigenvalue weighted by atomic mass is 9.69. The maximum absolute atomic E-state index is 13.5. The Kier molecular flexibility index (Phi) is 4.45. The van der Waals surface area contributed by atoms with Gasteiger partial charge >= 0.3 is 5.97 Å². The van der Waals surface area contributed by atoms with Gasteiger partial charge in [0, 0.05) is 23.5 Å². The van der Waals surface area contributed by atoms with Crippen molar-refractivity contribution in [2.75, 3.05) is 0 Å². The van der Waals surface area contributed by atoms with Crippen molar-refractivity contribution in [3.63, 3.8) is 0 Å². The summed E-state index contributed by atoms with van der Waals surface area (Å²) >= 11 is 0. The van der Waals surface area contributed by atoms with Crippen LogP contribution in [0.5, 0.6) is 0 Å². The lowest BCUT2D eigenvalue weighted by molar-refractivity contribution is 0.0696. The second kappa shape index (κ2) is 6.69. The van der Waals surface area contributed by atoms with Crippen molar-refractivity contribution < 1.29 is 19.1 Å². The zero-order chi connectivity index (χ0) is 20.1. The second-order valence-electron chi connectivity index (χ2n) is 8.61. The second-order valence-corrected chi connectivity index (χ2v) is 8.61. The van der Waals surface area contributed by atoms with Crippen molar-refractivity contribution in [3.05, 3.63) is 70.6 Å². The van der Waals surface area contributed by atoms with Gasteiger partial charge < -0.3 is 5.11 Å². The predicted octanol–water partition coefficient (Wildman–Crippen LogP) is 5.78. The fraction of sp³-hybridized carbons (Fsp3) is 0.333. The fourth-order valence-electron chi connectivity index (χ4n) is 4.64. The summed E-state index contributed by atoms with van der Waals surface area (Å²) in [6.07, 6.45) is 6.98. The number of aromatic carboxylic acids is 1. The summed E-state index contributed by atoms with van der Waals surface area (Å²) in [6.45, 7) is 4.12. The Hall–Kier alpha value is -2.75. The van der Waals surface area contributed by atoms with E-state index >= 15 is 0 Å². The number of carbonyl (C=O) groups is 2. The van der Waals surface area contributed by atoms with Gasteiger partial charge in [-0.15, -0.1) is 0 Å². The zero-order valence-electron chi connectivity index (χ0n) is 16.1. The highest BCUT2D eigenvalue weighted by Crippen LogP contribution is 2.44. The normalized spacial score (nSPS) is 20.2. The van der Waals surface area contributed by atoms with Gasteiger partial charge in [-0.05, 0) is 53.5 Å². The topological polar surface area (TPSA) is 54.4 Å². The lowest BCUT2D eigenvalue weighted by Gasteiger charge is -2.33. The summed E-state index contributed by atoms with van der Waals surface area (Å²) in [4.78, 5) is 25.4. The third-order valence-electron chi connectivity index (χ3n) is 5.79. The van der Waals surface area contributed by atoms with Crippen LogP contribution in [0.1, 0.15) is 70.9 Å². The Bertz CT molecular complexity index is 1000. The molecule has 2 aliphatic carbocycles. The minimum Gasteiger partial charge on any atom is -0.478 e. The molecule has 0 saturated heterocycles. The van der Waals surface area contributed by atoms with E-state index in [1.165, 1.54) is 12.1 Å². The van der Waals surface area contributed by atoms with Crippen LogP contribution in [0.3, 0.4) is 0 Å². The lowest BCUT2D eigenvalue weighted by Crippen LogP contribution is -2.29. The van der Waals surface area contributed by atoms with E-state index in [2.05, 4.69) is 26.0 Å². The van der Waals surface area contributed by atoms with Crippen molar-refractivity contribution in [1.29, 1.82) is 0 Å². The highest BCUT2D eigenvalue weighted by atomic mass is 19.1. The minimum absolute atomic E-state index is 0.0238. The number of hydrogen-bond acceptors (Lipinski definition) is 2. The maximum atomic E-state index is 13.5. The maximum Gasteiger partial charge on any atom is 0.336 e. The van der Waals surface area contributed by atoms with Crippen molar-refractivity contribution >= 4 is 11.8 Å². The molecule has 0 aliphatic heterocycles. The summed E-state index contributed by atoms with van der Waals surface area (Å²) in [5.41, 5.74) is 3.18. The van der Waals surface area contributed by atoms with Crippen molar-refractivity contribution in [2.45, 2.75) is 45.4 Å². The summed E-state index contributed by atoms with van der Waals surface area (Å²) in [6, 6.07) is 7.70. The summed E-state index contributed by atoms with van der Waals surface area (Å²) in [5.74, 6) is -1.45. The number of ketones is 1. The van der Waals surface area contributed by atoms with Crippen LogP contribution in [0.15, 0.2) is 42.5 Å². The van der Waals surface area contributed by atoms with Crippen LogP contribution in [0.2, 0.25) is 0 Å². The molecular formula is C24H23FO3. The first-order chi connectivity index (χ1) is 13.3. The van der Waals surface area contributed by atoms with Crippen LogP contribution in [-0.2, 0) is 6.42 Å². The molecular weight excluding hydrogens is 355 g/mol. The van der Waals surface area contributed by atoms with Gasteiger partial charge in [0.2, 0.25) is 0 Å². The fourth-order valence-corrected chi connectivity index (χ4v) is 4.64. The van der Waals surface area contributed by atoms with Crippen molar-refractivity contribution in [2.24, 2.45) is 5.41 Å². The monoisotopic (exact) mass is 378 g/mol. The average molecular weight is 378 g/mol. The molecule has 3 nitrogen and oxygen atoms in total. The summed E-state index contributed by atoms with van der Waals surface area (Å²) < 4.78 is 13.5.